The van der Waals surface area contributed by atoms with E-state index in [2.05, 4.69) is 5.32 Å². The van der Waals surface area contributed by atoms with Crippen molar-refractivity contribution >= 4 is 5.91 Å². The molecule has 0 spiro atoms. The molecule has 1 N–H and O–H groups in total. The summed E-state index contributed by atoms with van der Waals surface area (Å²) in [6.45, 7) is 1.77. The third-order valence-corrected chi connectivity index (χ3v) is 3.48. The molecule has 0 aliphatic heterocycles. The average Bonchev–Trinajstić information content (AvgIpc) is 2.33. The van der Waals surface area contributed by atoms with Crippen LogP contribution < -0.4 is 5.32 Å². The Hall–Kier alpha value is -1.45. The van der Waals surface area contributed by atoms with Crippen molar-refractivity contribution in [3.63, 3.8) is 0 Å². The van der Waals surface area contributed by atoms with E-state index in [-0.39, 0.29) is 30.7 Å². The third kappa shape index (κ3) is 3.06. The minimum absolute atomic E-state index is 0.142. The molecule has 98 valence electrons. The van der Waals surface area contributed by atoms with Crippen molar-refractivity contribution in [2.75, 3.05) is 0 Å². The first-order valence-corrected chi connectivity index (χ1v) is 6.22. The zero-order valence-corrected chi connectivity index (χ0v) is 10.3. The van der Waals surface area contributed by atoms with E-state index in [4.69, 9.17) is 0 Å². The van der Waals surface area contributed by atoms with Gasteiger partial charge in [0.25, 0.3) is 5.91 Å². The van der Waals surface area contributed by atoms with Crippen LogP contribution in [0.5, 0.6) is 0 Å². The van der Waals surface area contributed by atoms with Crippen molar-refractivity contribution in [2.45, 2.75) is 38.2 Å². The molecule has 0 heterocycles. The summed E-state index contributed by atoms with van der Waals surface area (Å²) in [7, 11) is 0. The fraction of sp³-hybridized carbons (Fsp3) is 0.500. The van der Waals surface area contributed by atoms with Gasteiger partial charge in [-0.15, -0.1) is 0 Å². The summed E-state index contributed by atoms with van der Waals surface area (Å²) in [6.07, 6.45) is 0.0521. The minimum Gasteiger partial charge on any atom is -0.349 e. The van der Waals surface area contributed by atoms with Crippen LogP contribution in [-0.4, -0.2) is 17.9 Å². The van der Waals surface area contributed by atoms with Crippen LogP contribution in [0.15, 0.2) is 30.3 Å². The Labute approximate surface area is 105 Å². The molecule has 1 aliphatic carbocycles. The fourth-order valence-electron chi connectivity index (χ4n) is 2.42. The van der Waals surface area contributed by atoms with Crippen LogP contribution in [-0.2, 0) is 0 Å². The lowest BCUT2D eigenvalue weighted by Crippen LogP contribution is -2.45. The van der Waals surface area contributed by atoms with Crippen LogP contribution in [0.4, 0.5) is 8.78 Å². The van der Waals surface area contributed by atoms with Crippen molar-refractivity contribution in [3.05, 3.63) is 35.9 Å². The number of halogens is 2. The molecule has 1 amide bonds. The highest BCUT2D eigenvalue weighted by molar-refractivity contribution is 5.94. The largest absolute Gasteiger partial charge is 0.349 e. The van der Waals surface area contributed by atoms with Crippen LogP contribution in [0.2, 0.25) is 0 Å². The topological polar surface area (TPSA) is 29.1 Å². The number of rotatable bonds is 2. The molecular formula is C14H17F2NO. The summed E-state index contributed by atoms with van der Waals surface area (Å²) >= 11 is 0. The first-order chi connectivity index (χ1) is 8.48. The smallest absolute Gasteiger partial charge is 0.251 e. The van der Waals surface area contributed by atoms with E-state index in [0.29, 0.717) is 12.0 Å². The fourth-order valence-corrected chi connectivity index (χ4v) is 2.42. The number of benzene rings is 1. The van der Waals surface area contributed by atoms with E-state index < -0.39 is 5.92 Å². The highest BCUT2D eigenvalue weighted by Crippen LogP contribution is 2.36. The second kappa shape index (κ2) is 5.04. The van der Waals surface area contributed by atoms with Gasteiger partial charge in [-0.25, -0.2) is 8.78 Å². The van der Waals surface area contributed by atoms with Gasteiger partial charge in [0, 0.05) is 24.4 Å². The van der Waals surface area contributed by atoms with E-state index in [0.717, 1.165) is 0 Å². The van der Waals surface area contributed by atoms with Gasteiger partial charge in [-0.2, -0.15) is 0 Å². The van der Waals surface area contributed by atoms with Gasteiger partial charge < -0.3 is 5.32 Å². The molecule has 0 radical (unpaired) electrons. The number of nitrogens with one attached hydrogen (secondary N) is 1. The van der Waals surface area contributed by atoms with Crippen molar-refractivity contribution < 1.29 is 13.6 Å². The van der Waals surface area contributed by atoms with Crippen molar-refractivity contribution in [2.24, 2.45) is 5.92 Å². The average molecular weight is 253 g/mol. The molecule has 1 saturated carbocycles. The number of hydrogen-bond acceptors (Lipinski definition) is 1. The van der Waals surface area contributed by atoms with Crippen molar-refractivity contribution in [1.29, 1.82) is 0 Å². The van der Waals surface area contributed by atoms with Gasteiger partial charge in [0.15, 0.2) is 0 Å². The quantitative estimate of drug-likeness (QED) is 0.861. The second-order valence-electron chi connectivity index (χ2n) is 5.02. The number of alkyl halides is 2. The second-order valence-corrected chi connectivity index (χ2v) is 5.02. The Kier molecular flexibility index (Phi) is 3.64. The first kappa shape index (κ1) is 13.0. The monoisotopic (exact) mass is 253 g/mol. The zero-order chi connectivity index (χ0) is 13.2. The van der Waals surface area contributed by atoms with Gasteiger partial charge >= 0.3 is 0 Å². The summed E-state index contributed by atoms with van der Waals surface area (Å²) in [5.41, 5.74) is 0.571. The molecule has 18 heavy (non-hydrogen) atoms. The standard InChI is InChI=1S/C14H17F2NO/c1-10-9-14(15,16)8-7-12(10)17-13(18)11-5-3-2-4-6-11/h2-6,10,12H,7-9H2,1H3,(H,17,18)/t10-,12+/m0/s1. The van der Waals surface area contributed by atoms with E-state index in [1.54, 1.807) is 31.2 Å². The highest BCUT2D eigenvalue weighted by atomic mass is 19.3. The lowest BCUT2D eigenvalue weighted by molar-refractivity contribution is -0.0576. The molecular weight excluding hydrogens is 236 g/mol. The van der Waals surface area contributed by atoms with Gasteiger partial charge in [-0.1, -0.05) is 25.1 Å². The zero-order valence-electron chi connectivity index (χ0n) is 10.3. The summed E-state index contributed by atoms with van der Waals surface area (Å²) in [5.74, 6) is -2.95. The molecule has 1 aromatic carbocycles. The maximum atomic E-state index is 13.2. The lowest BCUT2D eigenvalue weighted by Gasteiger charge is -2.34. The number of hydrogen-bond donors (Lipinski definition) is 1. The van der Waals surface area contributed by atoms with Crippen molar-refractivity contribution in [3.8, 4) is 0 Å². The third-order valence-electron chi connectivity index (χ3n) is 3.48. The molecule has 1 aliphatic rings. The predicted molar refractivity (Wildman–Crippen MR) is 65.7 cm³/mol. The van der Waals surface area contributed by atoms with Crippen LogP contribution in [0, 0.1) is 5.92 Å². The summed E-state index contributed by atoms with van der Waals surface area (Å²) in [4.78, 5) is 11.9. The molecule has 0 bridgehead atoms. The maximum Gasteiger partial charge on any atom is 0.251 e. The van der Waals surface area contributed by atoms with Gasteiger partial charge in [-0.3, -0.25) is 4.79 Å². The summed E-state index contributed by atoms with van der Waals surface area (Å²) < 4.78 is 26.4. The van der Waals surface area contributed by atoms with Gasteiger partial charge in [0.2, 0.25) is 5.92 Å². The molecule has 2 rings (SSSR count). The van der Waals surface area contributed by atoms with E-state index >= 15 is 0 Å². The highest BCUT2D eigenvalue weighted by Gasteiger charge is 2.39. The molecule has 2 nitrogen and oxygen atoms in total. The van der Waals surface area contributed by atoms with Gasteiger partial charge in [0.1, 0.15) is 0 Å². The minimum atomic E-state index is -2.58. The Bertz CT molecular complexity index is 419. The number of carbonyl (C=O) groups excluding carboxylic acids is 1. The van der Waals surface area contributed by atoms with E-state index in [1.165, 1.54) is 0 Å². The maximum absolute atomic E-state index is 13.2. The van der Waals surface area contributed by atoms with Crippen LogP contribution in [0.25, 0.3) is 0 Å². The van der Waals surface area contributed by atoms with Crippen LogP contribution in [0.3, 0.4) is 0 Å². The molecule has 0 saturated heterocycles. The SMILES string of the molecule is C[C@H]1CC(F)(F)CC[C@H]1NC(=O)c1ccccc1. The predicted octanol–water partition coefficient (Wildman–Crippen LogP) is 3.24. The molecule has 4 heteroatoms. The molecule has 1 fully saturated rings. The Morgan fingerprint density at radius 3 is 2.61 bits per heavy atom. The molecule has 1 aromatic rings. The van der Waals surface area contributed by atoms with Crippen molar-refractivity contribution in [1.82, 2.24) is 5.32 Å². The number of carbonyl (C=O) groups is 1. The molecule has 0 unspecified atom stereocenters. The van der Waals surface area contributed by atoms with Gasteiger partial charge in [-0.05, 0) is 24.5 Å². The Morgan fingerprint density at radius 1 is 1.33 bits per heavy atom. The summed E-state index contributed by atoms with van der Waals surface area (Å²) in [6, 6.07) is 8.69. The molecule has 0 aromatic heterocycles. The first-order valence-electron chi connectivity index (χ1n) is 6.22. The van der Waals surface area contributed by atoms with Gasteiger partial charge in [0.05, 0.1) is 0 Å². The lowest BCUT2D eigenvalue weighted by atomic mass is 9.83. The van der Waals surface area contributed by atoms with Crippen LogP contribution >= 0.6 is 0 Å². The number of amides is 1. The molecule has 2 atom stereocenters. The summed E-state index contributed by atoms with van der Waals surface area (Å²) in [5, 5.41) is 2.85. The van der Waals surface area contributed by atoms with E-state index in [9.17, 15) is 13.6 Å². The van der Waals surface area contributed by atoms with Crippen LogP contribution in [0.1, 0.15) is 36.5 Å². The Morgan fingerprint density at radius 2 is 2.00 bits per heavy atom. The normalized spacial score (nSPS) is 26.6. The van der Waals surface area contributed by atoms with E-state index in [1.807, 2.05) is 6.07 Å². The Balaban J connectivity index is 1.97.